The molecule has 1 aliphatic carbocycles. The van der Waals surface area contributed by atoms with E-state index in [0.29, 0.717) is 18.5 Å². The number of rotatable bonds is 5. The van der Waals surface area contributed by atoms with Gasteiger partial charge >= 0.3 is 5.82 Å². The number of imide groups is 1. The second-order valence-electron chi connectivity index (χ2n) is 12.1. The first kappa shape index (κ1) is 39.3. The maximum atomic E-state index is 13.8. The van der Waals surface area contributed by atoms with Crippen molar-refractivity contribution in [3.05, 3.63) is 52.2 Å². The summed E-state index contributed by atoms with van der Waals surface area (Å²) >= 11 is 0. The van der Waals surface area contributed by atoms with Crippen molar-refractivity contribution in [1.29, 1.82) is 0 Å². The minimum atomic E-state index is -0.650. The third-order valence-electron chi connectivity index (χ3n) is 9.29. The molecule has 5 heterocycles. The number of piperazine rings is 1. The lowest BCUT2D eigenvalue weighted by Gasteiger charge is -2.52. The maximum Gasteiger partial charge on any atom is 0.363 e. The highest BCUT2D eigenvalue weighted by molar-refractivity contribution is 6.16. The number of hydrogen-bond acceptors (Lipinski definition) is 12. The summed E-state index contributed by atoms with van der Waals surface area (Å²) in [6.07, 6.45) is 3.72. The van der Waals surface area contributed by atoms with Crippen molar-refractivity contribution in [2.45, 2.75) is 70.0 Å². The van der Waals surface area contributed by atoms with Crippen LogP contribution in [0, 0.1) is 10.1 Å². The SMILES string of the molecule is CC.CC1CN(c2cccc3c2C2(CC2)C(=O)N3C2CCC(=O)NC2=O)CCN1C1CN(c2ccc([N+](=O)[O-])nc2)C1.CNC.CO.CO. The predicted octanol–water partition coefficient (Wildman–Crippen LogP) is 1.65. The molecule has 1 spiro atoms. The van der Waals surface area contributed by atoms with Crippen LogP contribution in [0.5, 0.6) is 0 Å². The highest BCUT2D eigenvalue weighted by atomic mass is 16.6. The third kappa shape index (κ3) is 7.85. The van der Waals surface area contributed by atoms with E-state index in [9.17, 15) is 24.5 Å². The Morgan fingerprint density at radius 1 is 0.959 bits per heavy atom. The summed E-state index contributed by atoms with van der Waals surface area (Å²) in [5.41, 5.74) is 3.29. The summed E-state index contributed by atoms with van der Waals surface area (Å²) in [6, 6.07) is 9.27. The summed E-state index contributed by atoms with van der Waals surface area (Å²) in [4.78, 5) is 61.3. The van der Waals surface area contributed by atoms with E-state index < -0.39 is 16.4 Å². The number of benzene rings is 1. The molecule has 1 aromatic heterocycles. The second-order valence-corrected chi connectivity index (χ2v) is 12.1. The molecule has 1 saturated carbocycles. The molecule has 4 aliphatic heterocycles. The summed E-state index contributed by atoms with van der Waals surface area (Å²) < 4.78 is 0. The Balaban J connectivity index is 0.000000665. The van der Waals surface area contributed by atoms with Crippen molar-refractivity contribution in [2.24, 2.45) is 0 Å². The van der Waals surface area contributed by atoms with Crippen LogP contribution in [0.1, 0.15) is 52.0 Å². The summed E-state index contributed by atoms with van der Waals surface area (Å²) in [5, 5.41) is 30.1. The van der Waals surface area contributed by atoms with Gasteiger partial charge in [-0.25, -0.2) is 0 Å². The van der Waals surface area contributed by atoms with Gasteiger partial charge in [-0.2, -0.15) is 0 Å². The molecule has 1 aromatic carbocycles. The first-order valence-electron chi connectivity index (χ1n) is 16.8. The van der Waals surface area contributed by atoms with E-state index in [1.165, 1.54) is 6.07 Å². The number of fused-ring (bicyclic) bond motifs is 2. The highest BCUT2D eigenvalue weighted by Crippen LogP contribution is 2.61. The van der Waals surface area contributed by atoms with Crippen LogP contribution in [-0.2, 0) is 19.8 Å². The van der Waals surface area contributed by atoms with Gasteiger partial charge in [0.25, 0.3) is 0 Å². The van der Waals surface area contributed by atoms with Gasteiger partial charge in [0.05, 0.1) is 16.8 Å². The molecule has 270 valence electrons. The topological polar surface area (TPSA) is 185 Å². The molecule has 7 rings (SSSR count). The number of pyridine rings is 1. The fourth-order valence-electron chi connectivity index (χ4n) is 7.04. The van der Waals surface area contributed by atoms with Crippen molar-refractivity contribution in [2.75, 3.05) is 75.7 Å². The van der Waals surface area contributed by atoms with Gasteiger partial charge in [-0.15, -0.1) is 0 Å². The standard InChI is InChI=1S/C28H31N7O5.C2H7N.C2H6.2CH4O/c1-17-14-31(11-12-33(17)19-15-32(16-19)18-5-7-23(29-13-18)35(39)40)20-3-2-4-21-25(20)28(9-10-28)27(38)34(21)22-6-8-24(36)30-26(22)37;1-3-2;3*1-2/h2-5,7,13,17,19,22H,6,8-12,14-16H2,1H3,(H,30,36,37);3H,1-2H3;1-2H3;2*2H,1H3. The third-order valence-corrected chi connectivity index (χ3v) is 9.29. The zero-order valence-electron chi connectivity index (χ0n) is 29.7. The van der Waals surface area contributed by atoms with Gasteiger partial charge in [-0.3, -0.25) is 29.5 Å². The number of aliphatic hydroxyl groups excluding tert-OH is 2. The van der Waals surface area contributed by atoms with Crippen LogP contribution in [0.3, 0.4) is 0 Å². The number of piperidine rings is 1. The zero-order valence-corrected chi connectivity index (χ0v) is 29.7. The monoisotopic (exact) mass is 684 g/mol. The Bertz CT molecular complexity index is 1450. The van der Waals surface area contributed by atoms with E-state index in [1.807, 2.05) is 40.1 Å². The van der Waals surface area contributed by atoms with Crippen molar-refractivity contribution >= 4 is 40.6 Å². The lowest BCUT2D eigenvalue weighted by Crippen LogP contribution is -2.66. The first-order valence-corrected chi connectivity index (χ1v) is 16.8. The number of amides is 3. The normalized spacial score (nSPS) is 22.1. The van der Waals surface area contributed by atoms with E-state index >= 15 is 0 Å². The largest absolute Gasteiger partial charge is 0.400 e. The van der Waals surface area contributed by atoms with Crippen LogP contribution >= 0.6 is 0 Å². The summed E-state index contributed by atoms with van der Waals surface area (Å²) in [7, 11) is 5.75. The number of carbonyl (C=O) groups is 3. The van der Waals surface area contributed by atoms with Crippen LogP contribution in [0.2, 0.25) is 0 Å². The zero-order chi connectivity index (χ0) is 36.5. The number of nitrogens with one attached hydrogen (secondary N) is 2. The van der Waals surface area contributed by atoms with E-state index in [2.05, 4.69) is 43.3 Å². The van der Waals surface area contributed by atoms with Crippen molar-refractivity contribution < 1.29 is 29.5 Å². The smallest absolute Gasteiger partial charge is 0.363 e. The van der Waals surface area contributed by atoms with Gasteiger partial charge in [0, 0.05) is 82.8 Å². The predicted molar refractivity (Wildman–Crippen MR) is 189 cm³/mol. The van der Waals surface area contributed by atoms with Crippen LogP contribution < -0.4 is 25.3 Å². The molecule has 4 fully saturated rings. The molecule has 3 saturated heterocycles. The van der Waals surface area contributed by atoms with Gasteiger partial charge in [0.1, 0.15) is 6.04 Å². The Labute approximate surface area is 288 Å². The second kappa shape index (κ2) is 17.5. The van der Waals surface area contributed by atoms with E-state index in [4.69, 9.17) is 10.2 Å². The molecule has 0 radical (unpaired) electrons. The Morgan fingerprint density at radius 3 is 2.12 bits per heavy atom. The van der Waals surface area contributed by atoms with Crippen molar-refractivity contribution in [3.63, 3.8) is 0 Å². The molecule has 4 N–H and O–H groups in total. The van der Waals surface area contributed by atoms with Crippen LogP contribution in [-0.4, -0.2) is 122 Å². The van der Waals surface area contributed by atoms with E-state index in [0.717, 1.165) is 82.4 Å². The lowest BCUT2D eigenvalue weighted by molar-refractivity contribution is -0.389. The molecule has 49 heavy (non-hydrogen) atoms. The van der Waals surface area contributed by atoms with Gasteiger partial charge in [-0.1, -0.05) is 19.9 Å². The molecule has 5 aliphatic rings. The number of aliphatic hydroxyl groups is 2. The molecule has 15 nitrogen and oxygen atoms in total. The van der Waals surface area contributed by atoms with E-state index in [1.54, 1.807) is 17.2 Å². The molecule has 2 unspecified atom stereocenters. The highest BCUT2D eigenvalue weighted by Gasteiger charge is 2.62. The number of nitrogens with zero attached hydrogens (tertiary/aromatic N) is 6. The Morgan fingerprint density at radius 2 is 1.59 bits per heavy atom. The number of carbonyl (C=O) groups excluding carboxylic acids is 3. The lowest BCUT2D eigenvalue weighted by atomic mass is 9.94. The van der Waals surface area contributed by atoms with Crippen LogP contribution in [0.15, 0.2) is 36.5 Å². The molecule has 3 amide bonds. The van der Waals surface area contributed by atoms with E-state index in [-0.39, 0.29) is 30.0 Å². The first-order chi connectivity index (χ1) is 23.7. The van der Waals surface area contributed by atoms with Gasteiger partial charge in [0.15, 0.2) is 6.20 Å². The molecule has 15 heteroatoms. The Hall–Kier alpha value is -4.18. The quantitative estimate of drug-likeness (QED) is 0.203. The number of hydrogen-bond donors (Lipinski definition) is 4. The van der Waals surface area contributed by atoms with Crippen molar-refractivity contribution in [1.82, 2.24) is 20.5 Å². The number of nitro groups is 1. The minimum Gasteiger partial charge on any atom is -0.400 e. The molecule has 0 bridgehead atoms. The van der Waals surface area contributed by atoms with Gasteiger partial charge in [-0.05, 0) is 68.4 Å². The summed E-state index contributed by atoms with van der Waals surface area (Å²) in [5.74, 6) is -0.826. The summed E-state index contributed by atoms with van der Waals surface area (Å²) in [6.45, 7) is 10.5. The van der Waals surface area contributed by atoms with Crippen LogP contribution in [0.25, 0.3) is 0 Å². The van der Waals surface area contributed by atoms with Crippen LogP contribution in [0.4, 0.5) is 22.9 Å². The Kier molecular flexibility index (Phi) is 14.0. The molecular formula is C34H52N8O7. The minimum absolute atomic E-state index is 0.00794. The average molecular weight is 685 g/mol. The fourth-order valence-corrected chi connectivity index (χ4v) is 7.04. The number of aromatic nitrogens is 1. The molecular weight excluding hydrogens is 632 g/mol. The van der Waals surface area contributed by atoms with Gasteiger partial charge < -0.3 is 35.4 Å². The average Bonchev–Trinajstić information content (AvgIpc) is 3.87. The molecule has 2 atom stereocenters. The maximum absolute atomic E-state index is 13.8. The fraction of sp³-hybridized carbons (Fsp3) is 0.588. The van der Waals surface area contributed by atoms with Gasteiger partial charge in [0.2, 0.25) is 17.7 Å². The number of anilines is 3. The van der Waals surface area contributed by atoms with Crippen molar-refractivity contribution in [3.8, 4) is 0 Å². The molecule has 2 aromatic rings.